The van der Waals surface area contributed by atoms with Crippen LogP contribution in [0.5, 0.6) is 0 Å². The van der Waals surface area contributed by atoms with E-state index >= 15 is 0 Å². The number of nitrogens with zero attached hydrogens (tertiary/aromatic N) is 1. The highest BCUT2D eigenvalue weighted by atomic mass is 32.1. The molecule has 0 bridgehead atoms. The summed E-state index contributed by atoms with van der Waals surface area (Å²) in [5.41, 5.74) is 5.38. The van der Waals surface area contributed by atoms with Crippen molar-refractivity contribution in [2.24, 2.45) is 10.7 Å². The highest BCUT2D eigenvalue weighted by molar-refractivity contribution is 7.81. The van der Waals surface area contributed by atoms with Gasteiger partial charge in [0.2, 0.25) is 5.91 Å². The van der Waals surface area contributed by atoms with Crippen LogP contribution in [0.2, 0.25) is 0 Å². The van der Waals surface area contributed by atoms with E-state index in [2.05, 4.69) is 28.3 Å². The SMILES string of the molecule is CC(N)C(=O)NC(CC1N=CNC1(C)S)C(=O)O. The van der Waals surface area contributed by atoms with Gasteiger partial charge in [0.25, 0.3) is 0 Å². The second-order valence-electron chi connectivity index (χ2n) is 4.51. The fourth-order valence-electron chi connectivity index (χ4n) is 1.54. The summed E-state index contributed by atoms with van der Waals surface area (Å²) in [4.78, 5) is 26.0. The quantitative estimate of drug-likeness (QED) is 0.410. The lowest BCUT2D eigenvalue weighted by molar-refractivity contribution is -0.142. The first-order chi connectivity index (χ1) is 8.24. The Morgan fingerprint density at radius 1 is 1.72 bits per heavy atom. The van der Waals surface area contributed by atoms with Gasteiger partial charge in [-0.15, -0.1) is 12.6 Å². The molecule has 1 aliphatic rings. The molecule has 0 aromatic rings. The summed E-state index contributed by atoms with van der Waals surface area (Å²) < 4.78 is 0. The molecule has 0 fully saturated rings. The maximum atomic E-state index is 11.4. The summed E-state index contributed by atoms with van der Waals surface area (Å²) in [5, 5.41) is 14.4. The predicted molar refractivity (Wildman–Crippen MR) is 70.6 cm³/mol. The highest BCUT2D eigenvalue weighted by Gasteiger charge is 2.37. The molecule has 7 nitrogen and oxygen atoms in total. The maximum Gasteiger partial charge on any atom is 0.326 e. The molecule has 18 heavy (non-hydrogen) atoms. The van der Waals surface area contributed by atoms with Crippen LogP contribution in [0, 0.1) is 0 Å². The van der Waals surface area contributed by atoms with Gasteiger partial charge in [-0.3, -0.25) is 9.79 Å². The van der Waals surface area contributed by atoms with E-state index in [9.17, 15) is 9.59 Å². The van der Waals surface area contributed by atoms with Gasteiger partial charge in [0, 0.05) is 6.42 Å². The summed E-state index contributed by atoms with van der Waals surface area (Å²) in [6, 6.07) is -2.12. The molecule has 8 heteroatoms. The normalized spacial score (nSPS) is 29.4. The van der Waals surface area contributed by atoms with Crippen molar-refractivity contribution < 1.29 is 14.7 Å². The first-order valence-corrected chi connectivity index (χ1v) is 5.99. The molecular weight excluding hydrogens is 256 g/mol. The van der Waals surface area contributed by atoms with E-state index in [1.807, 2.05) is 0 Å². The van der Waals surface area contributed by atoms with E-state index in [1.54, 1.807) is 6.92 Å². The molecule has 0 aromatic carbocycles. The van der Waals surface area contributed by atoms with Crippen molar-refractivity contribution in [1.29, 1.82) is 0 Å². The zero-order chi connectivity index (χ0) is 13.9. The van der Waals surface area contributed by atoms with Gasteiger partial charge in [-0.25, -0.2) is 4.79 Å². The van der Waals surface area contributed by atoms with Crippen LogP contribution in [0.1, 0.15) is 20.3 Å². The molecule has 0 saturated heterocycles. The number of aliphatic carboxylic acids is 1. The standard InChI is InChI=1S/C10H18N4O3S/c1-5(11)8(15)14-6(9(16)17)3-7-10(2,18)13-4-12-7/h4-7,18H,3,11H2,1-2H3,(H,12,13)(H,14,15)(H,16,17). The van der Waals surface area contributed by atoms with Gasteiger partial charge in [-0.1, -0.05) is 0 Å². The number of nitrogens with one attached hydrogen (secondary N) is 2. The molecule has 1 aliphatic heterocycles. The largest absolute Gasteiger partial charge is 0.480 e. The summed E-state index contributed by atoms with van der Waals surface area (Å²) in [6.07, 6.45) is 1.64. The number of amides is 1. The van der Waals surface area contributed by atoms with Crippen molar-refractivity contribution in [3.63, 3.8) is 0 Å². The Hall–Kier alpha value is -1.28. The molecule has 4 unspecified atom stereocenters. The second kappa shape index (κ2) is 5.57. The van der Waals surface area contributed by atoms with Crippen LogP contribution in [0.3, 0.4) is 0 Å². The van der Waals surface area contributed by atoms with E-state index in [1.165, 1.54) is 13.3 Å². The van der Waals surface area contributed by atoms with E-state index in [4.69, 9.17) is 10.8 Å². The summed E-state index contributed by atoms with van der Waals surface area (Å²) in [7, 11) is 0. The van der Waals surface area contributed by atoms with Crippen LogP contribution in [-0.4, -0.2) is 46.3 Å². The Labute approximate surface area is 111 Å². The van der Waals surface area contributed by atoms with Gasteiger partial charge < -0.3 is 21.5 Å². The third kappa shape index (κ3) is 3.61. The topological polar surface area (TPSA) is 117 Å². The minimum absolute atomic E-state index is 0.150. The van der Waals surface area contributed by atoms with Crippen LogP contribution in [-0.2, 0) is 9.59 Å². The van der Waals surface area contributed by atoms with Crippen LogP contribution >= 0.6 is 12.6 Å². The van der Waals surface area contributed by atoms with E-state index in [0.29, 0.717) is 0 Å². The van der Waals surface area contributed by atoms with Crippen LogP contribution < -0.4 is 16.4 Å². The Balaban J connectivity index is 2.67. The third-order valence-electron chi connectivity index (χ3n) is 2.75. The van der Waals surface area contributed by atoms with Crippen molar-refractivity contribution in [2.45, 2.75) is 43.3 Å². The lowest BCUT2D eigenvalue weighted by Gasteiger charge is -2.27. The number of hydrogen-bond donors (Lipinski definition) is 5. The average molecular weight is 274 g/mol. The number of carboxylic acid groups (broad SMARTS) is 1. The van der Waals surface area contributed by atoms with E-state index < -0.39 is 28.8 Å². The fourth-order valence-corrected chi connectivity index (χ4v) is 1.77. The summed E-state index contributed by atoms with van der Waals surface area (Å²) >= 11 is 4.35. The summed E-state index contributed by atoms with van der Waals surface area (Å²) in [6.45, 7) is 3.28. The monoisotopic (exact) mass is 274 g/mol. The van der Waals surface area contributed by atoms with Gasteiger partial charge in [-0.05, 0) is 13.8 Å². The smallest absolute Gasteiger partial charge is 0.326 e. The lowest BCUT2D eigenvalue weighted by Crippen LogP contribution is -2.51. The summed E-state index contributed by atoms with van der Waals surface area (Å²) in [5.74, 6) is -1.62. The number of hydrogen-bond acceptors (Lipinski definition) is 6. The fraction of sp³-hybridized carbons (Fsp3) is 0.700. The number of thiol groups is 1. The van der Waals surface area contributed by atoms with Crippen LogP contribution in [0.4, 0.5) is 0 Å². The molecule has 0 saturated carbocycles. The molecule has 102 valence electrons. The Kier molecular flexibility index (Phi) is 4.58. The molecule has 0 aliphatic carbocycles. The van der Waals surface area contributed by atoms with Crippen molar-refractivity contribution in [3.8, 4) is 0 Å². The van der Waals surface area contributed by atoms with Crippen molar-refractivity contribution in [3.05, 3.63) is 0 Å². The van der Waals surface area contributed by atoms with Gasteiger partial charge in [0.15, 0.2) is 0 Å². The molecule has 1 amide bonds. The van der Waals surface area contributed by atoms with Crippen LogP contribution in [0.25, 0.3) is 0 Å². The minimum Gasteiger partial charge on any atom is -0.480 e. The van der Waals surface area contributed by atoms with Crippen molar-refractivity contribution in [1.82, 2.24) is 10.6 Å². The van der Waals surface area contributed by atoms with E-state index in [-0.39, 0.29) is 12.5 Å². The van der Waals surface area contributed by atoms with Crippen molar-refractivity contribution in [2.75, 3.05) is 0 Å². The average Bonchev–Trinajstić information content (AvgIpc) is 2.56. The molecule has 4 atom stereocenters. The van der Waals surface area contributed by atoms with Crippen LogP contribution in [0.15, 0.2) is 4.99 Å². The van der Waals surface area contributed by atoms with Crippen molar-refractivity contribution >= 4 is 30.8 Å². The molecule has 0 aromatic heterocycles. The lowest BCUT2D eigenvalue weighted by atomic mass is 10.0. The van der Waals surface area contributed by atoms with E-state index in [0.717, 1.165) is 0 Å². The van der Waals surface area contributed by atoms with Gasteiger partial charge in [0.05, 0.1) is 18.4 Å². The number of rotatable bonds is 5. The minimum atomic E-state index is -1.12. The van der Waals surface area contributed by atoms with Gasteiger partial charge in [0.1, 0.15) is 10.9 Å². The molecule has 0 radical (unpaired) electrons. The molecule has 1 heterocycles. The number of nitrogens with two attached hydrogens (primary N) is 1. The number of carbonyl (C=O) groups is 2. The maximum absolute atomic E-state index is 11.4. The molecule has 5 N–H and O–H groups in total. The Morgan fingerprint density at radius 3 is 2.72 bits per heavy atom. The van der Waals surface area contributed by atoms with Gasteiger partial charge >= 0.3 is 5.97 Å². The highest BCUT2D eigenvalue weighted by Crippen LogP contribution is 2.25. The number of aliphatic imine (C=N–C) groups is 1. The first kappa shape index (κ1) is 14.8. The first-order valence-electron chi connectivity index (χ1n) is 5.54. The third-order valence-corrected chi connectivity index (χ3v) is 3.17. The number of carbonyl (C=O) groups excluding carboxylic acids is 1. The number of carboxylic acids is 1. The molecular formula is C10H18N4O3S. The second-order valence-corrected chi connectivity index (χ2v) is 5.44. The Bertz CT molecular complexity index is 370. The van der Waals surface area contributed by atoms with Gasteiger partial charge in [-0.2, -0.15) is 0 Å². The predicted octanol–water partition coefficient (Wildman–Crippen LogP) is -1.06. The molecule has 1 rings (SSSR count). The Morgan fingerprint density at radius 2 is 2.33 bits per heavy atom. The zero-order valence-corrected chi connectivity index (χ0v) is 11.1. The molecule has 0 spiro atoms. The zero-order valence-electron chi connectivity index (χ0n) is 10.3.